The number of halogens is 3. The van der Waals surface area contributed by atoms with Crippen LogP contribution < -0.4 is 4.74 Å². The Labute approximate surface area is 140 Å². The van der Waals surface area contributed by atoms with Crippen LogP contribution in [0.25, 0.3) is 0 Å². The quantitative estimate of drug-likeness (QED) is 0.729. The van der Waals surface area contributed by atoms with Gasteiger partial charge in [0.05, 0.1) is 20.4 Å². The Morgan fingerprint density at radius 3 is 2.55 bits per heavy atom. The minimum Gasteiger partial charge on any atom is -0.492 e. The summed E-state index contributed by atoms with van der Waals surface area (Å²) in [5.41, 5.74) is 1.66. The predicted octanol–water partition coefficient (Wildman–Crippen LogP) is 5.61. The van der Waals surface area contributed by atoms with E-state index in [2.05, 4.69) is 15.9 Å². The molecule has 1 N–H and O–H groups in total. The predicted molar refractivity (Wildman–Crippen MR) is 88.4 cm³/mol. The van der Waals surface area contributed by atoms with Gasteiger partial charge in [-0.05, 0) is 47.5 Å². The lowest BCUT2D eigenvalue weighted by molar-refractivity contribution is 0.224. The molecule has 0 bridgehead atoms. The van der Waals surface area contributed by atoms with Crippen molar-refractivity contribution >= 4 is 50.5 Å². The van der Waals surface area contributed by atoms with E-state index < -0.39 is 6.10 Å². The van der Waals surface area contributed by atoms with Crippen molar-refractivity contribution < 1.29 is 9.84 Å². The van der Waals surface area contributed by atoms with Crippen molar-refractivity contribution in [2.75, 3.05) is 6.61 Å². The summed E-state index contributed by atoms with van der Waals surface area (Å²) in [7, 11) is 0. The van der Waals surface area contributed by atoms with E-state index in [-0.39, 0.29) is 0 Å². The van der Waals surface area contributed by atoms with Gasteiger partial charge in [0.2, 0.25) is 0 Å². The Bertz CT molecular complexity index is 608. The van der Waals surface area contributed by atoms with Gasteiger partial charge in [-0.3, -0.25) is 0 Å². The van der Waals surface area contributed by atoms with Gasteiger partial charge in [0.15, 0.2) is 0 Å². The molecule has 0 aliphatic heterocycles. The Morgan fingerprint density at radius 1 is 1.30 bits per heavy atom. The number of ether oxygens (including phenoxy) is 1. The van der Waals surface area contributed by atoms with Crippen LogP contribution in [0.2, 0.25) is 10.0 Å². The second-order valence-corrected chi connectivity index (χ2v) is 7.46. The highest BCUT2D eigenvalue weighted by Gasteiger charge is 2.19. The summed E-state index contributed by atoms with van der Waals surface area (Å²) in [6, 6.07) is 5.23. The van der Waals surface area contributed by atoms with Gasteiger partial charge in [0.1, 0.15) is 11.9 Å². The first-order chi connectivity index (χ1) is 9.43. The van der Waals surface area contributed by atoms with Gasteiger partial charge in [-0.15, -0.1) is 11.3 Å². The van der Waals surface area contributed by atoms with Crippen LogP contribution in [0.15, 0.2) is 22.0 Å². The summed E-state index contributed by atoms with van der Waals surface area (Å²) < 4.78 is 6.38. The van der Waals surface area contributed by atoms with E-state index in [1.54, 1.807) is 12.1 Å². The third-order valence-corrected chi connectivity index (χ3v) is 5.60. The van der Waals surface area contributed by atoms with Crippen LogP contribution in [0.4, 0.5) is 0 Å². The summed E-state index contributed by atoms with van der Waals surface area (Å²) in [6.45, 7) is 4.36. The fraction of sp³-hybridized carbons (Fsp3) is 0.286. The smallest absolute Gasteiger partial charge is 0.139 e. The summed E-state index contributed by atoms with van der Waals surface area (Å²) in [5, 5.41) is 11.3. The molecule has 0 saturated carbocycles. The van der Waals surface area contributed by atoms with Gasteiger partial charge in [-0.25, -0.2) is 0 Å². The molecule has 0 spiro atoms. The van der Waals surface area contributed by atoms with Gasteiger partial charge >= 0.3 is 0 Å². The number of aliphatic hydroxyl groups is 1. The van der Waals surface area contributed by atoms with Crippen molar-refractivity contribution in [3.05, 3.63) is 48.0 Å². The Kier molecular flexibility index (Phi) is 5.37. The van der Waals surface area contributed by atoms with Crippen molar-refractivity contribution in [3.8, 4) is 5.75 Å². The molecule has 1 heterocycles. The maximum absolute atomic E-state index is 10.5. The number of hydrogen-bond donors (Lipinski definition) is 1. The highest BCUT2D eigenvalue weighted by atomic mass is 79.9. The lowest BCUT2D eigenvalue weighted by Crippen LogP contribution is -2.00. The molecule has 1 unspecified atom stereocenters. The first-order valence-corrected chi connectivity index (χ1v) is 8.36. The number of hydrogen-bond acceptors (Lipinski definition) is 3. The average molecular weight is 396 g/mol. The van der Waals surface area contributed by atoms with Crippen molar-refractivity contribution in [1.29, 1.82) is 0 Å². The molecule has 2 nitrogen and oxygen atoms in total. The van der Waals surface area contributed by atoms with Crippen molar-refractivity contribution in [1.82, 2.24) is 0 Å². The Balaban J connectivity index is 2.39. The number of benzene rings is 1. The van der Waals surface area contributed by atoms with Crippen molar-refractivity contribution in [2.24, 2.45) is 0 Å². The molecule has 2 rings (SSSR count). The minimum atomic E-state index is -0.800. The third kappa shape index (κ3) is 3.31. The van der Waals surface area contributed by atoms with Gasteiger partial charge in [0.25, 0.3) is 0 Å². The van der Waals surface area contributed by atoms with Crippen LogP contribution in [0.1, 0.15) is 29.0 Å². The normalized spacial score (nSPS) is 12.5. The molecule has 1 atom stereocenters. The number of aryl methyl sites for hydroxylation is 1. The van der Waals surface area contributed by atoms with E-state index in [0.29, 0.717) is 28.0 Å². The number of aliphatic hydroxyl groups excluding tert-OH is 1. The summed E-state index contributed by atoms with van der Waals surface area (Å²) in [6.07, 6.45) is -0.800. The third-order valence-electron chi connectivity index (χ3n) is 2.79. The summed E-state index contributed by atoms with van der Waals surface area (Å²) >= 11 is 17.3. The molecule has 6 heteroatoms. The van der Waals surface area contributed by atoms with Crippen LogP contribution >= 0.6 is 50.5 Å². The van der Waals surface area contributed by atoms with Gasteiger partial charge in [-0.1, -0.05) is 23.2 Å². The summed E-state index contributed by atoms with van der Waals surface area (Å²) in [4.78, 5) is 0.816. The first kappa shape index (κ1) is 16.1. The number of rotatable bonds is 4. The highest BCUT2D eigenvalue weighted by Crippen LogP contribution is 2.39. The zero-order valence-electron chi connectivity index (χ0n) is 10.9. The molecular weight excluding hydrogens is 383 g/mol. The molecule has 0 amide bonds. The van der Waals surface area contributed by atoms with Gasteiger partial charge < -0.3 is 9.84 Å². The molecule has 0 aliphatic rings. The van der Waals surface area contributed by atoms with Crippen LogP contribution in [-0.4, -0.2) is 11.7 Å². The fourth-order valence-corrected chi connectivity index (χ4v) is 3.85. The SMILES string of the molecule is CCOc1cc(Cl)c(C(O)c2cc(C)c(Br)s2)cc1Cl. The molecule has 20 heavy (non-hydrogen) atoms. The van der Waals surface area contributed by atoms with E-state index in [9.17, 15) is 5.11 Å². The van der Waals surface area contributed by atoms with E-state index >= 15 is 0 Å². The summed E-state index contributed by atoms with van der Waals surface area (Å²) in [5.74, 6) is 0.527. The van der Waals surface area contributed by atoms with Crippen molar-refractivity contribution in [3.63, 3.8) is 0 Å². The molecule has 1 aromatic heterocycles. The first-order valence-electron chi connectivity index (χ1n) is 5.99. The molecule has 1 aromatic carbocycles. The molecular formula is C14H13BrCl2O2S. The molecule has 2 aromatic rings. The largest absolute Gasteiger partial charge is 0.492 e. The second-order valence-electron chi connectivity index (χ2n) is 4.25. The van der Waals surface area contributed by atoms with E-state index in [1.165, 1.54) is 11.3 Å². The van der Waals surface area contributed by atoms with E-state index in [1.807, 2.05) is 19.9 Å². The topological polar surface area (TPSA) is 29.5 Å². The molecule has 0 fully saturated rings. The van der Waals surface area contributed by atoms with Crippen LogP contribution in [-0.2, 0) is 0 Å². The zero-order valence-corrected chi connectivity index (χ0v) is 14.8. The maximum Gasteiger partial charge on any atom is 0.139 e. The van der Waals surface area contributed by atoms with Gasteiger partial charge in [0, 0.05) is 16.5 Å². The monoisotopic (exact) mass is 394 g/mol. The van der Waals surface area contributed by atoms with Crippen molar-refractivity contribution in [2.45, 2.75) is 20.0 Å². The standard InChI is InChI=1S/C14H13BrCl2O2S/c1-3-19-11-6-9(16)8(5-10(11)17)13(18)12-4-7(2)14(15)20-12/h4-6,13,18H,3H2,1-2H3. The molecule has 0 aliphatic carbocycles. The van der Waals surface area contributed by atoms with E-state index in [0.717, 1.165) is 14.2 Å². The minimum absolute atomic E-state index is 0.438. The van der Waals surface area contributed by atoms with Crippen LogP contribution in [0.3, 0.4) is 0 Å². The van der Waals surface area contributed by atoms with Crippen LogP contribution in [0.5, 0.6) is 5.75 Å². The lowest BCUT2D eigenvalue weighted by atomic mass is 10.1. The van der Waals surface area contributed by atoms with Gasteiger partial charge in [-0.2, -0.15) is 0 Å². The second kappa shape index (κ2) is 6.67. The molecule has 0 radical (unpaired) electrons. The average Bonchev–Trinajstić information content (AvgIpc) is 2.73. The zero-order chi connectivity index (χ0) is 14.9. The lowest BCUT2D eigenvalue weighted by Gasteiger charge is -2.14. The maximum atomic E-state index is 10.5. The highest BCUT2D eigenvalue weighted by molar-refractivity contribution is 9.11. The molecule has 0 saturated heterocycles. The Hall–Kier alpha value is -0.260. The fourth-order valence-electron chi connectivity index (χ4n) is 1.79. The molecule has 108 valence electrons. The number of thiophene rings is 1. The Morgan fingerprint density at radius 2 is 2.00 bits per heavy atom. The van der Waals surface area contributed by atoms with E-state index in [4.69, 9.17) is 27.9 Å². The van der Waals surface area contributed by atoms with Crippen LogP contribution in [0, 0.1) is 6.92 Å².